The van der Waals surface area contributed by atoms with Gasteiger partial charge in [0.15, 0.2) is 0 Å². The topological polar surface area (TPSA) is 46.2 Å². The molecule has 1 aromatic rings. The largest absolute Gasteiger partial charge is 0.387 e. The Labute approximate surface area is 79.4 Å². The predicted molar refractivity (Wildman–Crippen MR) is 54.5 cm³/mol. The summed E-state index contributed by atoms with van der Waals surface area (Å²) in [5.74, 6) is 0.428. The maximum Gasteiger partial charge on any atom is 0.0914 e. The van der Waals surface area contributed by atoms with Crippen LogP contribution in [0.2, 0.25) is 0 Å². The highest BCUT2D eigenvalue weighted by atomic mass is 16.3. The maximum atomic E-state index is 9.63. The third-order valence-electron chi connectivity index (χ3n) is 2.20. The minimum Gasteiger partial charge on any atom is -0.387 e. The van der Waals surface area contributed by atoms with Gasteiger partial charge in [-0.2, -0.15) is 0 Å². The third kappa shape index (κ3) is 2.29. The molecule has 0 saturated carbocycles. The quantitative estimate of drug-likeness (QED) is 0.743. The van der Waals surface area contributed by atoms with Crippen molar-refractivity contribution in [2.45, 2.75) is 25.9 Å². The van der Waals surface area contributed by atoms with E-state index in [2.05, 4.69) is 13.8 Å². The fourth-order valence-corrected chi connectivity index (χ4v) is 1.47. The van der Waals surface area contributed by atoms with Crippen molar-refractivity contribution in [3.8, 4) is 0 Å². The Hall–Kier alpha value is -0.860. The van der Waals surface area contributed by atoms with Crippen LogP contribution in [-0.2, 0) is 0 Å². The second kappa shape index (κ2) is 4.40. The van der Waals surface area contributed by atoms with Crippen molar-refractivity contribution in [3.63, 3.8) is 0 Å². The molecule has 3 N–H and O–H groups in total. The summed E-state index contributed by atoms with van der Waals surface area (Å²) in [5.41, 5.74) is 7.56. The molecule has 0 radical (unpaired) electrons. The van der Waals surface area contributed by atoms with Crippen LogP contribution in [0.15, 0.2) is 24.3 Å². The molecule has 0 aromatic heterocycles. The summed E-state index contributed by atoms with van der Waals surface area (Å²) in [4.78, 5) is 0. The molecule has 2 nitrogen and oxygen atoms in total. The minimum absolute atomic E-state index is 0.281. The maximum absolute atomic E-state index is 9.63. The highest BCUT2D eigenvalue weighted by Crippen LogP contribution is 2.23. The number of benzene rings is 1. The fourth-order valence-electron chi connectivity index (χ4n) is 1.47. The van der Waals surface area contributed by atoms with Gasteiger partial charge in [0.1, 0.15) is 0 Å². The fraction of sp³-hybridized carbons (Fsp3) is 0.455. The lowest BCUT2D eigenvalue weighted by Crippen LogP contribution is -2.13. The van der Waals surface area contributed by atoms with Crippen LogP contribution in [0.4, 0.5) is 0 Å². The average Bonchev–Trinajstić information content (AvgIpc) is 2.16. The van der Waals surface area contributed by atoms with Crippen molar-refractivity contribution in [3.05, 3.63) is 35.4 Å². The van der Waals surface area contributed by atoms with Crippen molar-refractivity contribution >= 4 is 0 Å². The van der Waals surface area contributed by atoms with Gasteiger partial charge in [-0.15, -0.1) is 0 Å². The van der Waals surface area contributed by atoms with E-state index in [1.165, 1.54) is 5.56 Å². The van der Waals surface area contributed by atoms with E-state index in [-0.39, 0.29) is 6.54 Å². The third-order valence-corrected chi connectivity index (χ3v) is 2.20. The molecule has 0 aliphatic rings. The zero-order valence-electron chi connectivity index (χ0n) is 8.20. The molecule has 72 valence electrons. The monoisotopic (exact) mass is 179 g/mol. The van der Waals surface area contributed by atoms with Crippen LogP contribution in [0, 0.1) is 0 Å². The number of rotatable bonds is 3. The van der Waals surface area contributed by atoms with Gasteiger partial charge in [0.05, 0.1) is 6.10 Å². The molecular weight excluding hydrogens is 162 g/mol. The number of nitrogens with two attached hydrogens (primary N) is 1. The molecule has 13 heavy (non-hydrogen) atoms. The lowest BCUT2D eigenvalue weighted by molar-refractivity contribution is 0.185. The van der Waals surface area contributed by atoms with Crippen LogP contribution in [-0.4, -0.2) is 11.7 Å². The standard InChI is InChI=1S/C11H17NO/c1-8(2)9-5-3-4-6-10(9)11(13)7-12/h3-6,8,11,13H,7,12H2,1-2H3/t11-/m1/s1. The predicted octanol–water partition coefficient (Wildman–Crippen LogP) is 1.80. The first-order chi connectivity index (χ1) is 6.16. The first-order valence-corrected chi connectivity index (χ1v) is 4.63. The molecule has 0 fully saturated rings. The van der Waals surface area contributed by atoms with Crippen molar-refractivity contribution in [1.82, 2.24) is 0 Å². The smallest absolute Gasteiger partial charge is 0.0914 e. The average molecular weight is 179 g/mol. The van der Waals surface area contributed by atoms with E-state index in [1.807, 2.05) is 24.3 Å². The van der Waals surface area contributed by atoms with Gasteiger partial charge in [0.2, 0.25) is 0 Å². The SMILES string of the molecule is CC(C)c1ccccc1[C@H](O)CN. The lowest BCUT2D eigenvalue weighted by atomic mass is 9.94. The summed E-state index contributed by atoms with van der Waals surface area (Å²) in [7, 11) is 0. The molecule has 1 aromatic carbocycles. The molecule has 0 unspecified atom stereocenters. The zero-order valence-corrected chi connectivity index (χ0v) is 8.20. The minimum atomic E-state index is -0.529. The number of aliphatic hydroxyl groups is 1. The summed E-state index contributed by atoms with van der Waals surface area (Å²) in [6.45, 7) is 4.51. The van der Waals surface area contributed by atoms with E-state index in [0.29, 0.717) is 5.92 Å². The Morgan fingerprint density at radius 1 is 1.23 bits per heavy atom. The Balaban J connectivity index is 3.04. The molecule has 0 spiro atoms. The van der Waals surface area contributed by atoms with Gasteiger partial charge in [-0.1, -0.05) is 38.1 Å². The summed E-state index contributed by atoms with van der Waals surface area (Å²) in [5, 5.41) is 9.63. The highest BCUT2D eigenvalue weighted by molar-refractivity contribution is 5.31. The molecule has 2 heteroatoms. The van der Waals surface area contributed by atoms with Crippen molar-refractivity contribution in [1.29, 1.82) is 0 Å². The van der Waals surface area contributed by atoms with E-state index in [9.17, 15) is 5.11 Å². The normalized spacial score (nSPS) is 13.3. The molecule has 0 aliphatic heterocycles. The second-order valence-electron chi connectivity index (χ2n) is 3.54. The van der Waals surface area contributed by atoms with E-state index >= 15 is 0 Å². The first kappa shape index (κ1) is 10.2. The Morgan fingerprint density at radius 2 is 1.77 bits per heavy atom. The van der Waals surface area contributed by atoms with Crippen molar-refractivity contribution < 1.29 is 5.11 Å². The van der Waals surface area contributed by atoms with Gasteiger partial charge in [-0.3, -0.25) is 0 Å². The second-order valence-corrected chi connectivity index (χ2v) is 3.54. The van der Waals surface area contributed by atoms with Crippen molar-refractivity contribution in [2.24, 2.45) is 5.73 Å². The molecule has 0 heterocycles. The van der Waals surface area contributed by atoms with E-state index in [1.54, 1.807) is 0 Å². The summed E-state index contributed by atoms with van der Waals surface area (Å²) >= 11 is 0. The number of hydrogen-bond donors (Lipinski definition) is 2. The van der Waals surface area contributed by atoms with E-state index in [4.69, 9.17) is 5.73 Å². The van der Waals surface area contributed by atoms with Gasteiger partial charge < -0.3 is 10.8 Å². The van der Waals surface area contributed by atoms with Crippen LogP contribution in [0.5, 0.6) is 0 Å². The van der Waals surface area contributed by atoms with Crippen LogP contribution >= 0.6 is 0 Å². The molecule has 1 rings (SSSR count). The molecule has 0 amide bonds. The molecule has 0 bridgehead atoms. The highest BCUT2D eigenvalue weighted by Gasteiger charge is 2.11. The Bertz CT molecular complexity index is 271. The molecule has 0 saturated heterocycles. The van der Waals surface area contributed by atoms with Crippen molar-refractivity contribution in [2.75, 3.05) is 6.54 Å². The molecule has 0 aliphatic carbocycles. The lowest BCUT2D eigenvalue weighted by Gasteiger charge is -2.16. The van der Waals surface area contributed by atoms with E-state index in [0.717, 1.165) is 5.56 Å². The zero-order chi connectivity index (χ0) is 9.84. The van der Waals surface area contributed by atoms with Crippen LogP contribution in [0.1, 0.15) is 37.0 Å². The Kier molecular flexibility index (Phi) is 3.46. The van der Waals surface area contributed by atoms with Crippen LogP contribution in [0.3, 0.4) is 0 Å². The van der Waals surface area contributed by atoms with Crippen LogP contribution < -0.4 is 5.73 Å². The summed E-state index contributed by atoms with van der Waals surface area (Å²) in [6.07, 6.45) is -0.529. The number of aliphatic hydroxyl groups excluding tert-OH is 1. The van der Waals surface area contributed by atoms with Gasteiger partial charge in [0, 0.05) is 6.54 Å². The summed E-state index contributed by atoms with van der Waals surface area (Å²) < 4.78 is 0. The molecule has 1 atom stereocenters. The van der Waals surface area contributed by atoms with Gasteiger partial charge in [-0.05, 0) is 17.0 Å². The summed E-state index contributed by atoms with van der Waals surface area (Å²) in [6, 6.07) is 7.90. The Morgan fingerprint density at radius 3 is 2.23 bits per heavy atom. The van der Waals surface area contributed by atoms with Gasteiger partial charge in [-0.25, -0.2) is 0 Å². The van der Waals surface area contributed by atoms with E-state index < -0.39 is 6.10 Å². The van der Waals surface area contributed by atoms with Gasteiger partial charge in [0.25, 0.3) is 0 Å². The van der Waals surface area contributed by atoms with Gasteiger partial charge >= 0.3 is 0 Å². The molecular formula is C11H17NO. The number of hydrogen-bond acceptors (Lipinski definition) is 2. The first-order valence-electron chi connectivity index (χ1n) is 4.63. The van der Waals surface area contributed by atoms with Crippen LogP contribution in [0.25, 0.3) is 0 Å².